The first-order chi connectivity index (χ1) is 12.6. The van der Waals surface area contributed by atoms with Crippen LogP contribution in [-0.4, -0.2) is 24.3 Å². The Kier molecular flexibility index (Phi) is 3.81. The lowest BCUT2D eigenvalue weighted by Crippen LogP contribution is -2.04. The fourth-order valence-corrected chi connectivity index (χ4v) is 3.56. The Morgan fingerprint density at radius 3 is 2.38 bits per heavy atom. The van der Waals surface area contributed by atoms with Gasteiger partial charge in [0.15, 0.2) is 6.29 Å². The Labute approximate surface area is 150 Å². The Bertz CT molecular complexity index is 1170. The molecule has 0 saturated carbocycles. The third-order valence-electron chi connectivity index (χ3n) is 4.74. The van der Waals surface area contributed by atoms with Gasteiger partial charge in [0.1, 0.15) is 0 Å². The predicted molar refractivity (Wildman–Crippen MR) is 103 cm³/mol. The molecule has 128 valence electrons. The fourth-order valence-electron chi connectivity index (χ4n) is 3.56. The quantitative estimate of drug-likeness (QED) is 0.327. The molecular formula is C22H17NO3. The molecule has 4 heteroatoms. The molecule has 0 atom stereocenters. The van der Waals surface area contributed by atoms with Crippen LogP contribution in [0.15, 0.2) is 54.6 Å². The maximum atomic E-state index is 12.3. The Hall–Kier alpha value is -3.40. The molecule has 0 aliphatic carbocycles. The van der Waals surface area contributed by atoms with E-state index in [4.69, 9.17) is 4.74 Å². The molecule has 0 spiro atoms. The Balaban J connectivity index is 2.11. The molecule has 0 unspecified atom stereocenters. The lowest BCUT2D eigenvalue weighted by Gasteiger charge is -2.10. The summed E-state index contributed by atoms with van der Waals surface area (Å²) in [7, 11) is 1.34. The molecule has 0 radical (unpaired) electrons. The zero-order valence-electron chi connectivity index (χ0n) is 14.5. The highest BCUT2D eigenvalue weighted by molar-refractivity contribution is 6.11. The second kappa shape index (κ2) is 6.15. The minimum Gasteiger partial charge on any atom is -0.465 e. The van der Waals surface area contributed by atoms with Crippen LogP contribution in [0.25, 0.3) is 32.7 Å². The summed E-state index contributed by atoms with van der Waals surface area (Å²) in [5.41, 5.74) is 2.82. The van der Waals surface area contributed by atoms with Gasteiger partial charge in [-0.05, 0) is 46.2 Å². The van der Waals surface area contributed by atoms with Gasteiger partial charge in [-0.2, -0.15) is 0 Å². The lowest BCUT2D eigenvalue weighted by atomic mass is 9.93. The molecule has 0 amide bonds. The van der Waals surface area contributed by atoms with E-state index in [9.17, 15) is 9.59 Å². The first-order valence-electron chi connectivity index (χ1n) is 8.32. The van der Waals surface area contributed by atoms with E-state index < -0.39 is 5.97 Å². The van der Waals surface area contributed by atoms with E-state index in [-0.39, 0.29) is 0 Å². The number of H-pyrrole nitrogens is 1. The number of aldehydes is 1. The van der Waals surface area contributed by atoms with Crippen molar-refractivity contribution < 1.29 is 14.3 Å². The summed E-state index contributed by atoms with van der Waals surface area (Å²) in [5, 5.41) is 4.28. The molecule has 0 aliphatic heterocycles. The van der Waals surface area contributed by atoms with Gasteiger partial charge in [-0.1, -0.05) is 42.5 Å². The number of ether oxygens (including phenoxy) is 1. The van der Waals surface area contributed by atoms with Crippen molar-refractivity contribution in [3.05, 3.63) is 71.5 Å². The molecule has 1 aromatic heterocycles. The molecule has 4 rings (SSSR count). The largest absolute Gasteiger partial charge is 0.465 e. The number of rotatable bonds is 3. The van der Waals surface area contributed by atoms with Gasteiger partial charge in [0, 0.05) is 11.3 Å². The van der Waals surface area contributed by atoms with Crippen LogP contribution >= 0.6 is 0 Å². The van der Waals surface area contributed by atoms with Crippen LogP contribution in [0.4, 0.5) is 0 Å². The van der Waals surface area contributed by atoms with E-state index in [1.165, 1.54) is 7.11 Å². The van der Waals surface area contributed by atoms with Crippen LogP contribution < -0.4 is 0 Å². The molecule has 26 heavy (non-hydrogen) atoms. The Morgan fingerprint density at radius 2 is 1.69 bits per heavy atom. The van der Waals surface area contributed by atoms with Gasteiger partial charge in [0.25, 0.3) is 0 Å². The van der Waals surface area contributed by atoms with Crippen molar-refractivity contribution in [2.45, 2.75) is 6.92 Å². The minimum atomic E-state index is -0.459. The van der Waals surface area contributed by atoms with Crippen molar-refractivity contribution in [3.8, 4) is 11.1 Å². The van der Waals surface area contributed by atoms with Crippen LogP contribution in [0.3, 0.4) is 0 Å². The number of fused-ring (bicyclic) bond motifs is 2. The van der Waals surface area contributed by atoms with Crippen molar-refractivity contribution in [1.29, 1.82) is 0 Å². The number of esters is 1. The topological polar surface area (TPSA) is 59.2 Å². The first-order valence-corrected chi connectivity index (χ1v) is 8.32. The van der Waals surface area contributed by atoms with Gasteiger partial charge >= 0.3 is 5.97 Å². The zero-order chi connectivity index (χ0) is 18.3. The minimum absolute atomic E-state index is 0.378. The summed E-state index contributed by atoms with van der Waals surface area (Å²) in [4.78, 5) is 27.0. The van der Waals surface area contributed by atoms with E-state index >= 15 is 0 Å². The lowest BCUT2D eigenvalue weighted by molar-refractivity contribution is 0.0601. The standard InChI is InChI=1S/C22H17NO3/c1-13-20(22(25)26-2)21(19(12-24)23-13)17-9-5-8-16-10-14-6-3-4-7-15(14)11-18(16)17/h3-12,23H,1-2H3. The molecule has 4 aromatic rings. The molecule has 0 aliphatic rings. The van der Waals surface area contributed by atoms with Gasteiger partial charge in [-0.15, -0.1) is 0 Å². The molecule has 4 nitrogen and oxygen atoms in total. The second-order valence-electron chi connectivity index (χ2n) is 6.25. The van der Waals surface area contributed by atoms with Gasteiger partial charge < -0.3 is 9.72 Å². The number of aromatic amines is 1. The highest BCUT2D eigenvalue weighted by Crippen LogP contribution is 2.36. The highest BCUT2D eigenvalue weighted by Gasteiger charge is 2.24. The highest BCUT2D eigenvalue weighted by atomic mass is 16.5. The van der Waals surface area contributed by atoms with E-state index in [2.05, 4.69) is 29.2 Å². The summed E-state index contributed by atoms with van der Waals surface area (Å²) in [6.45, 7) is 1.77. The zero-order valence-corrected chi connectivity index (χ0v) is 14.5. The summed E-state index contributed by atoms with van der Waals surface area (Å²) >= 11 is 0. The first kappa shape index (κ1) is 16.1. The van der Waals surface area contributed by atoms with Crippen LogP contribution in [0.5, 0.6) is 0 Å². The molecule has 3 aromatic carbocycles. The summed E-state index contributed by atoms with van der Waals surface area (Å²) < 4.78 is 4.94. The number of methoxy groups -OCH3 is 1. The van der Waals surface area contributed by atoms with E-state index in [1.54, 1.807) is 6.92 Å². The van der Waals surface area contributed by atoms with Crippen molar-refractivity contribution in [1.82, 2.24) is 4.98 Å². The van der Waals surface area contributed by atoms with Gasteiger partial charge in [0.05, 0.1) is 18.4 Å². The number of hydrogen-bond acceptors (Lipinski definition) is 3. The van der Waals surface area contributed by atoms with E-state index in [0.717, 1.165) is 33.4 Å². The van der Waals surface area contributed by atoms with Crippen molar-refractivity contribution in [3.63, 3.8) is 0 Å². The maximum Gasteiger partial charge on any atom is 0.340 e. The third-order valence-corrected chi connectivity index (χ3v) is 4.74. The molecule has 1 heterocycles. The number of aryl methyl sites for hydroxylation is 1. The summed E-state index contributed by atoms with van der Waals surface area (Å²) in [6.07, 6.45) is 0.745. The van der Waals surface area contributed by atoms with Gasteiger partial charge in [-0.25, -0.2) is 4.79 Å². The number of aromatic nitrogens is 1. The third kappa shape index (κ3) is 2.39. The Morgan fingerprint density at radius 1 is 1.00 bits per heavy atom. The molecule has 1 N–H and O–H groups in total. The van der Waals surface area contributed by atoms with Crippen molar-refractivity contribution >= 4 is 33.8 Å². The van der Waals surface area contributed by atoms with Crippen LogP contribution in [0.1, 0.15) is 26.5 Å². The normalized spacial score (nSPS) is 11.0. The second-order valence-corrected chi connectivity index (χ2v) is 6.25. The van der Waals surface area contributed by atoms with E-state index in [1.807, 2.05) is 30.3 Å². The molecule has 0 fully saturated rings. The maximum absolute atomic E-state index is 12.3. The van der Waals surface area contributed by atoms with Crippen LogP contribution in [0.2, 0.25) is 0 Å². The smallest absolute Gasteiger partial charge is 0.340 e. The SMILES string of the molecule is COC(=O)c1c(C)[nH]c(C=O)c1-c1cccc2cc3ccccc3cc12. The monoisotopic (exact) mass is 343 g/mol. The summed E-state index contributed by atoms with van der Waals surface area (Å²) in [5.74, 6) is -0.459. The number of carbonyl (C=O) groups excluding carboxylic acids is 2. The number of benzene rings is 3. The predicted octanol–water partition coefficient (Wildman–Crippen LogP) is 4.90. The van der Waals surface area contributed by atoms with Crippen molar-refractivity contribution in [2.75, 3.05) is 7.11 Å². The number of carbonyl (C=O) groups is 2. The van der Waals surface area contributed by atoms with Crippen LogP contribution in [0, 0.1) is 6.92 Å². The van der Waals surface area contributed by atoms with Crippen LogP contribution in [-0.2, 0) is 4.74 Å². The average Bonchev–Trinajstić information content (AvgIpc) is 3.01. The molecule has 0 saturated heterocycles. The number of hydrogen-bond donors (Lipinski definition) is 1. The molecule has 0 bridgehead atoms. The van der Waals surface area contributed by atoms with Gasteiger partial charge in [0.2, 0.25) is 0 Å². The number of nitrogens with one attached hydrogen (secondary N) is 1. The van der Waals surface area contributed by atoms with E-state index in [0.29, 0.717) is 22.5 Å². The van der Waals surface area contributed by atoms with Gasteiger partial charge in [-0.3, -0.25) is 4.79 Å². The fraction of sp³-hybridized carbons (Fsp3) is 0.0909. The van der Waals surface area contributed by atoms with Crippen molar-refractivity contribution in [2.24, 2.45) is 0 Å². The summed E-state index contributed by atoms with van der Waals surface area (Å²) in [6, 6.07) is 18.2. The molecular weight excluding hydrogens is 326 g/mol. The average molecular weight is 343 g/mol.